The maximum absolute atomic E-state index is 13.2. The molecule has 3 aromatic heterocycles. The molecule has 1 fully saturated rings. The highest BCUT2D eigenvalue weighted by molar-refractivity contribution is 7.99. The summed E-state index contributed by atoms with van der Waals surface area (Å²) in [7, 11) is 0. The molecule has 1 saturated carbocycles. The largest absolute Gasteiger partial charge is 0.464 e. The number of hydrogen-bond acceptors (Lipinski definition) is 6. The molecule has 3 aromatic rings. The fourth-order valence-electron chi connectivity index (χ4n) is 3.93. The van der Waals surface area contributed by atoms with E-state index in [0.29, 0.717) is 33.6 Å². The van der Waals surface area contributed by atoms with E-state index in [9.17, 15) is 9.59 Å². The van der Waals surface area contributed by atoms with Crippen LogP contribution >= 0.6 is 23.1 Å². The van der Waals surface area contributed by atoms with E-state index in [1.807, 2.05) is 11.4 Å². The van der Waals surface area contributed by atoms with Gasteiger partial charge in [0, 0.05) is 23.5 Å². The van der Waals surface area contributed by atoms with Crippen molar-refractivity contribution in [1.29, 1.82) is 0 Å². The minimum atomic E-state index is -0.142. The number of hydrogen-bond donors (Lipinski definition) is 1. The number of nitrogens with zero attached hydrogens (tertiary/aromatic N) is 2. The number of furan rings is 1. The van der Waals surface area contributed by atoms with Crippen LogP contribution in [0, 0.1) is 5.92 Å². The van der Waals surface area contributed by atoms with Crippen molar-refractivity contribution >= 4 is 39.2 Å². The van der Waals surface area contributed by atoms with Crippen molar-refractivity contribution < 1.29 is 9.21 Å². The van der Waals surface area contributed by atoms with Crippen LogP contribution in [0.2, 0.25) is 0 Å². The minimum absolute atomic E-state index is 0.0132. The highest BCUT2D eigenvalue weighted by atomic mass is 32.2. The Balaban J connectivity index is 1.57. The Hall–Kier alpha value is -2.32. The Morgan fingerprint density at radius 2 is 2.30 bits per heavy atom. The molecule has 2 atom stereocenters. The summed E-state index contributed by atoms with van der Waals surface area (Å²) < 4.78 is 7.06. The Bertz CT molecular complexity index is 1100. The second-order valence-corrected chi connectivity index (χ2v) is 9.43. The van der Waals surface area contributed by atoms with Gasteiger partial charge in [-0.25, -0.2) is 4.98 Å². The molecule has 158 valence electrons. The molecular weight excluding hydrogens is 418 g/mol. The fraction of sp³-hybridized carbons (Fsp3) is 0.409. The van der Waals surface area contributed by atoms with E-state index in [0.717, 1.165) is 24.8 Å². The second kappa shape index (κ2) is 9.22. The summed E-state index contributed by atoms with van der Waals surface area (Å²) in [6.45, 7) is 6.30. The third kappa shape index (κ3) is 4.25. The van der Waals surface area contributed by atoms with Crippen LogP contribution < -0.4 is 10.9 Å². The molecule has 0 spiro atoms. The van der Waals surface area contributed by atoms with Crippen LogP contribution in [0.3, 0.4) is 0 Å². The van der Waals surface area contributed by atoms with Gasteiger partial charge in [-0.15, -0.1) is 17.9 Å². The zero-order valence-corrected chi connectivity index (χ0v) is 18.6. The van der Waals surface area contributed by atoms with E-state index in [-0.39, 0.29) is 23.3 Å². The third-order valence-corrected chi connectivity index (χ3v) is 7.40. The van der Waals surface area contributed by atoms with Crippen LogP contribution in [-0.4, -0.2) is 27.3 Å². The number of rotatable bonds is 7. The van der Waals surface area contributed by atoms with Crippen LogP contribution in [0.5, 0.6) is 0 Å². The first-order valence-electron chi connectivity index (χ1n) is 10.2. The standard InChI is InChI=1S/C22H25N3O3S2/c1-3-10-25-21(27)19-15(17-9-6-11-28-17)12-29-20(19)24-22(25)30-13-18(26)23-16-8-5-4-7-14(16)2/h3,6,9,11-12,14,16H,1,4-5,7-8,10,13H2,2H3,(H,23,26)/t14-,16+/m1/s1. The summed E-state index contributed by atoms with van der Waals surface area (Å²) in [6, 6.07) is 3.87. The zero-order valence-electron chi connectivity index (χ0n) is 16.9. The SMILES string of the molecule is C=CCn1c(SCC(=O)N[C@H]2CCCC[C@H]2C)nc2scc(-c3ccco3)c2c1=O. The quantitative estimate of drug-likeness (QED) is 0.326. The molecule has 1 aliphatic rings. The topological polar surface area (TPSA) is 77.1 Å². The predicted molar refractivity (Wildman–Crippen MR) is 122 cm³/mol. The molecule has 8 heteroatoms. The third-order valence-electron chi connectivity index (χ3n) is 5.55. The minimum Gasteiger partial charge on any atom is -0.464 e. The van der Waals surface area contributed by atoms with Crippen molar-refractivity contribution in [2.45, 2.75) is 50.4 Å². The van der Waals surface area contributed by atoms with Gasteiger partial charge in [-0.05, 0) is 30.9 Å². The summed E-state index contributed by atoms with van der Waals surface area (Å²) in [4.78, 5) is 31.1. The van der Waals surface area contributed by atoms with Gasteiger partial charge in [0.15, 0.2) is 5.16 Å². The lowest BCUT2D eigenvalue weighted by atomic mass is 9.86. The molecular formula is C22H25N3O3S2. The number of fused-ring (bicyclic) bond motifs is 1. The lowest BCUT2D eigenvalue weighted by Crippen LogP contribution is -2.41. The van der Waals surface area contributed by atoms with Gasteiger partial charge in [-0.3, -0.25) is 14.2 Å². The predicted octanol–water partition coefficient (Wildman–Crippen LogP) is 4.69. The number of allylic oxidation sites excluding steroid dienone is 1. The molecule has 0 saturated heterocycles. The van der Waals surface area contributed by atoms with Crippen molar-refractivity contribution in [2.24, 2.45) is 5.92 Å². The number of carbonyl (C=O) groups excluding carboxylic acids is 1. The Morgan fingerprint density at radius 3 is 3.03 bits per heavy atom. The molecule has 30 heavy (non-hydrogen) atoms. The lowest BCUT2D eigenvalue weighted by Gasteiger charge is -2.29. The molecule has 0 bridgehead atoms. The molecule has 0 aromatic carbocycles. The molecule has 6 nitrogen and oxygen atoms in total. The van der Waals surface area contributed by atoms with Crippen LogP contribution in [0.15, 0.2) is 50.8 Å². The molecule has 1 aliphatic carbocycles. The molecule has 4 rings (SSSR count). The summed E-state index contributed by atoms with van der Waals surface area (Å²) in [5, 5.41) is 6.13. The molecule has 0 unspecified atom stereocenters. The van der Waals surface area contributed by atoms with Crippen molar-refractivity contribution in [3.63, 3.8) is 0 Å². The number of carbonyl (C=O) groups is 1. The smallest absolute Gasteiger partial charge is 0.263 e. The van der Waals surface area contributed by atoms with Gasteiger partial charge in [0.25, 0.3) is 5.56 Å². The number of amides is 1. The molecule has 3 heterocycles. The van der Waals surface area contributed by atoms with Crippen LogP contribution in [-0.2, 0) is 11.3 Å². The van der Waals surface area contributed by atoms with Crippen LogP contribution in [0.4, 0.5) is 0 Å². The van der Waals surface area contributed by atoms with Crippen molar-refractivity contribution in [3.8, 4) is 11.3 Å². The molecule has 1 amide bonds. The van der Waals surface area contributed by atoms with E-state index in [2.05, 4.69) is 18.8 Å². The Labute approximate surface area is 183 Å². The summed E-state index contributed by atoms with van der Waals surface area (Å²) in [5.41, 5.74) is 0.604. The van der Waals surface area contributed by atoms with E-state index < -0.39 is 0 Å². The summed E-state index contributed by atoms with van der Waals surface area (Å²) in [5.74, 6) is 1.37. The average Bonchev–Trinajstić information content (AvgIpc) is 3.40. The Morgan fingerprint density at radius 1 is 1.47 bits per heavy atom. The van der Waals surface area contributed by atoms with Crippen LogP contribution in [0.25, 0.3) is 21.5 Å². The number of nitrogens with one attached hydrogen (secondary N) is 1. The molecule has 0 aliphatic heterocycles. The van der Waals surface area contributed by atoms with Crippen molar-refractivity contribution in [2.75, 3.05) is 5.75 Å². The average molecular weight is 444 g/mol. The van der Waals surface area contributed by atoms with E-state index in [1.165, 1.54) is 29.5 Å². The van der Waals surface area contributed by atoms with Gasteiger partial charge >= 0.3 is 0 Å². The van der Waals surface area contributed by atoms with Gasteiger partial charge in [0.2, 0.25) is 5.91 Å². The van der Waals surface area contributed by atoms with Gasteiger partial charge in [0.05, 0.1) is 17.4 Å². The van der Waals surface area contributed by atoms with Gasteiger partial charge in [-0.1, -0.05) is 37.6 Å². The van der Waals surface area contributed by atoms with Gasteiger partial charge < -0.3 is 9.73 Å². The maximum atomic E-state index is 13.2. The highest BCUT2D eigenvalue weighted by Crippen LogP contribution is 2.32. The number of thiophene rings is 1. The number of thioether (sulfide) groups is 1. The van der Waals surface area contributed by atoms with E-state index in [4.69, 9.17) is 9.40 Å². The van der Waals surface area contributed by atoms with Crippen LogP contribution in [0.1, 0.15) is 32.6 Å². The van der Waals surface area contributed by atoms with E-state index in [1.54, 1.807) is 23.0 Å². The number of aromatic nitrogens is 2. The fourth-order valence-corrected chi connectivity index (χ4v) is 5.72. The molecule has 1 N–H and O–H groups in total. The Kier molecular flexibility index (Phi) is 6.43. The summed E-state index contributed by atoms with van der Waals surface area (Å²) in [6.07, 6.45) is 7.85. The first-order valence-corrected chi connectivity index (χ1v) is 12.0. The van der Waals surface area contributed by atoms with Gasteiger partial charge in [-0.2, -0.15) is 0 Å². The normalized spacial score (nSPS) is 19.1. The molecule has 0 radical (unpaired) electrons. The monoisotopic (exact) mass is 443 g/mol. The zero-order chi connectivity index (χ0) is 21.1. The second-order valence-electron chi connectivity index (χ2n) is 7.63. The lowest BCUT2D eigenvalue weighted by molar-refractivity contribution is -0.119. The maximum Gasteiger partial charge on any atom is 0.263 e. The first kappa shape index (κ1) is 20.9. The summed E-state index contributed by atoms with van der Waals surface area (Å²) >= 11 is 2.70. The highest BCUT2D eigenvalue weighted by Gasteiger charge is 2.23. The van der Waals surface area contributed by atoms with E-state index >= 15 is 0 Å². The van der Waals surface area contributed by atoms with Crippen molar-refractivity contribution in [1.82, 2.24) is 14.9 Å². The van der Waals surface area contributed by atoms with Gasteiger partial charge in [0.1, 0.15) is 10.6 Å². The van der Waals surface area contributed by atoms with Crippen molar-refractivity contribution in [3.05, 3.63) is 46.8 Å². The first-order chi connectivity index (χ1) is 14.6.